The topological polar surface area (TPSA) is 125 Å². The summed E-state index contributed by atoms with van der Waals surface area (Å²) in [7, 11) is -3.86. The number of amides is 1. The fraction of sp³-hybridized carbons (Fsp3) is 0.0588. The number of halogens is 2. The third-order valence-corrected chi connectivity index (χ3v) is 5.89. The van der Waals surface area contributed by atoms with Gasteiger partial charge in [0.1, 0.15) is 16.6 Å². The predicted molar refractivity (Wildman–Crippen MR) is 99.4 cm³/mol. The number of carbonyl (C=O) groups excluding carboxylic acids is 1. The lowest BCUT2D eigenvalue weighted by molar-refractivity contribution is 0.102. The Labute approximate surface area is 167 Å². The maximum absolute atomic E-state index is 13.6. The average molecular weight is 435 g/mol. The van der Waals surface area contributed by atoms with Crippen molar-refractivity contribution < 1.29 is 22.0 Å². The maximum Gasteiger partial charge on any atom is 0.286 e. The molecule has 0 spiro atoms. The van der Waals surface area contributed by atoms with Crippen LogP contribution in [0.15, 0.2) is 47.4 Å². The van der Waals surface area contributed by atoms with E-state index in [1.165, 1.54) is 24.3 Å². The van der Waals surface area contributed by atoms with Crippen LogP contribution in [0.5, 0.6) is 0 Å². The first-order valence-electron chi connectivity index (χ1n) is 7.87. The highest BCUT2D eigenvalue weighted by molar-refractivity contribution is 7.89. The molecule has 0 radical (unpaired) electrons. The summed E-state index contributed by atoms with van der Waals surface area (Å²) in [6.07, 6.45) is 0. The van der Waals surface area contributed by atoms with E-state index in [0.29, 0.717) is 11.6 Å². The Hall–Kier alpha value is -3.27. The molecule has 0 unspecified atom stereocenters. The van der Waals surface area contributed by atoms with Gasteiger partial charge in [-0.1, -0.05) is 11.3 Å². The Kier molecular flexibility index (Phi) is 5.92. The van der Waals surface area contributed by atoms with Crippen molar-refractivity contribution in [1.29, 1.82) is 5.26 Å². The van der Waals surface area contributed by atoms with E-state index in [-0.39, 0.29) is 27.1 Å². The van der Waals surface area contributed by atoms with Gasteiger partial charge in [-0.3, -0.25) is 4.79 Å². The smallest absolute Gasteiger partial charge is 0.286 e. The molecule has 0 aliphatic rings. The predicted octanol–water partition coefficient (Wildman–Crippen LogP) is 2.42. The fourth-order valence-corrected chi connectivity index (χ4v) is 3.89. The molecule has 0 bridgehead atoms. The highest BCUT2D eigenvalue weighted by atomic mass is 32.2. The van der Waals surface area contributed by atoms with Crippen LogP contribution in [0.25, 0.3) is 0 Å². The summed E-state index contributed by atoms with van der Waals surface area (Å²) in [5.74, 6) is -2.50. The van der Waals surface area contributed by atoms with E-state index in [4.69, 9.17) is 5.26 Å². The summed E-state index contributed by atoms with van der Waals surface area (Å²) in [4.78, 5) is 12.1. The second-order valence-electron chi connectivity index (χ2n) is 5.54. The van der Waals surface area contributed by atoms with Crippen LogP contribution >= 0.6 is 11.3 Å². The number of nitriles is 1. The SMILES string of the molecule is N#Cc1ccc(S(=O)(=O)NCc2nnc(C(=O)Nc3ccc(F)cc3F)s2)cc1. The molecule has 0 aliphatic heterocycles. The van der Waals surface area contributed by atoms with Crippen LogP contribution < -0.4 is 10.0 Å². The van der Waals surface area contributed by atoms with E-state index >= 15 is 0 Å². The van der Waals surface area contributed by atoms with Crippen molar-refractivity contribution in [2.75, 3.05) is 5.32 Å². The number of carbonyl (C=O) groups is 1. The van der Waals surface area contributed by atoms with Crippen LogP contribution in [-0.2, 0) is 16.6 Å². The quantitative estimate of drug-likeness (QED) is 0.613. The van der Waals surface area contributed by atoms with Crippen molar-refractivity contribution in [3.63, 3.8) is 0 Å². The average Bonchev–Trinajstić information content (AvgIpc) is 3.18. The molecule has 2 aromatic carbocycles. The molecule has 0 fully saturated rings. The van der Waals surface area contributed by atoms with Crippen molar-refractivity contribution in [2.24, 2.45) is 0 Å². The van der Waals surface area contributed by atoms with Crippen LogP contribution in [0.4, 0.5) is 14.5 Å². The van der Waals surface area contributed by atoms with Gasteiger partial charge in [0, 0.05) is 6.07 Å². The number of nitrogens with zero attached hydrogens (tertiary/aromatic N) is 3. The molecule has 148 valence electrons. The van der Waals surface area contributed by atoms with Gasteiger partial charge in [0.15, 0.2) is 0 Å². The molecular formula is C17H11F2N5O3S2. The molecule has 2 N–H and O–H groups in total. The van der Waals surface area contributed by atoms with Gasteiger partial charge in [-0.15, -0.1) is 10.2 Å². The molecule has 3 rings (SSSR count). The van der Waals surface area contributed by atoms with Gasteiger partial charge in [-0.05, 0) is 36.4 Å². The van der Waals surface area contributed by atoms with E-state index in [9.17, 15) is 22.0 Å². The molecule has 0 atom stereocenters. The Morgan fingerprint density at radius 3 is 2.52 bits per heavy atom. The van der Waals surface area contributed by atoms with Gasteiger partial charge in [0.25, 0.3) is 5.91 Å². The van der Waals surface area contributed by atoms with Crippen LogP contribution in [0.3, 0.4) is 0 Å². The van der Waals surface area contributed by atoms with Gasteiger partial charge in [-0.25, -0.2) is 21.9 Å². The number of hydrogen-bond acceptors (Lipinski definition) is 7. The zero-order chi connectivity index (χ0) is 21.0. The largest absolute Gasteiger partial charge is 0.317 e. The van der Waals surface area contributed by atoms with Crippen LogP contribution in [0, 0.1) is 23.0 Å². The lowest BCUT2D eigenvalue weighted by atomic mass is 10.2. The third-order valence-electron chi connectivity index (χ3n) is 3.55. The van der Waals surface area contributed by atoms with E-state index in [1.807, 2.05) is 6.07 Å². The Morgan fingerprint density at radius 2 is 1.86 bits per heavy atom. The van der Waals surface area contributed by atoms with E-state index in [1.54, 1.807) is 0 Å². The standard InChI is InChI=1S/C17H11F2N5O3S2/c18-11-3-6-14(13(19)7-11)22-16(25)17-24-23-15(28-17)9-21-29(26,27)12-4-1-10(8-20)2-5-12/h1-7,21H,9H2,(H,22,25). The summed E-state index contributed by atoms with van der Waals surface area (Å²) in [6, 6.07) is 9.89. The van der Waals surface area contributed by atoms with Gasteiger partial charge in [0.2, 0.25) is 15.0 Å². The first kappa shape index (κ1) is 20.5. The number of rotatable bonds is 6. The first-order chi connectivity index (χ1) is 13.8. The number of nitrogens with one attached hydrogen (secondary N) is 2. The zero-order valence-corrected chi connectivity index (χ0v) is 16.0. The van der Waals surface area contributed by atoms with E-state index in [2.05, 4.69) is 20.2 Å². The third kappa shape index (κ3) is 4.96. The number of sulfonamides is 1. The molecule has 0 saturated heterocycles. The minimum Gasteiger partial charge on any atom is -0.317 e. The Morgan fingerprint density at radius 1 is 1.14 bits per heavy atom. The zero-order valence-electron chi connectivity index (χ0n) is 14.4. The molecule has 0 aliphatic carbocycles. The monoisotopic (exact) mass is 435 g/mol. The van der Waals surface area contributed by atoms with Crippen LogP contribution in [-0.4, -0.2) is 24.5 Å². The van der Waals surface area contributed by atoms with Crippen molar-refractivity contribution in [1.82, 2.24) is 14.9 Å². The number of aromatic nitrogens is 2. The summed E-state index contributed by atoms with van der Waals surface area (Å²) >= 11 is 0.810. The van der Waals surface area contributed by atoms with Gasteiger partial charge in [-0.2, -0.15) is 5.26 Å². The number of hydrogen-bond donors (Lipinski definition) is 2. The molecule has 0 saturated carbocycles. The summed E-state index contributed by atoms with van der Waals surface area (Å²) in [5.41, 5.74) is 0.0935. The molecular weight excluding hydrogens is 424 g/mol. The van der Waals surface area contributed by atoms with E-state index in [0.717, 1.165) is 23.5 Å². The molecule has 29 heavy (non-hydrogen) atoms. The Balaban J connectivity index is 1.65. The molecule has 1 aromatic heterocycles. The number of anilines is 1. The normalized spacial score (nSPS) is 11.1. The van der Waals surface area contributed by atoms with Crippen molar-refractivity contribution >= 4 is 33.0 Å². The van der Waals surface area contributed by atoms with Crippen molar-refractivity contribution in [3.8, 4) is 6.07 Å². The second-order valence-corrected chi connectivity index (χ2v) is 8.37. The minimum absolute atomic E-state index is 0.0363. The molecule has 3 aromatic rings. The minimum atomic E-state index is -3.86. The summed E-state index contributed by atoms with van der Waals surface area (Å²) in [5, 5.41) is 18.4. The van der Waals surface area contributed by atoms with E-state index < -0.39 is 27.6 Å². The highest BCUT2D eigenvalue weighted by Gasteiger charge is 2.18. The molecule has 1 amide bonds. The van der Waals surface area contributed by atoms with Crippen molar-refractivity contribution in [2.45, 2.75) is 11.4 Å². The van der Waals surface area contributed by atoms with Crippen molar-refractivity contribution in [3.05, 3.63) is 69.7 Å². The van der Waals surface area contributed by atoms with Gasteiger partial charge in [0.05, 0.1) is 28.8 Å². The second kappa shape index (κ2) is 8.39. The fourth-order valence-electron chi connectivity index (χ4n) is 2.13. The lowest BCUT2D eigenvalue weighted by Gasteiger charge is -2.05. The van der Waals surface area contributed by atoms with Crippen LogP contribution in [0.1, 0.15) is 20.4 Å². The van der Waals surface area contributed by atoms with Gasteiger partial charge < -0.3 is 5.32 Å². The maximum atomic E-state index is 13.6. The highest BCUT2D eigenvalue weighted by Crippen LogP contribution is 2.18. The molecule has 1 heterocycles. The number of benzene rings is 2. The van der Waals surface area contributed by atoms with Gasteiger partial charge >= 0.3 is 0 Å². The summed E-state index contributed by atoms with van der Waals surface area (Å²) in [6.45, 7) is -0.224. The molecule has 12 heteroatoms. The Bertz CT molecular complexity index is 1200. The first-order valence-corrected chi connectivity index (χ1v) is 10.2. The lowest BCUT2D eigenvalue weighted by Crippen LogP contribution is -2.23. The summed E-state index contributed by atoms with van der Waals surface area (Å²) < 4.78 is 53.4. The van der Waals surface area contributed by atoms with Crippen LogP contribution in [0.2, 0.25) is 0 Å². The molecule has 8 nitrogen and oxygen atoms in total.